The third kappa shape index (κ3) is 3.91. The van der Waals surface area contributed by atoms with E-state index in [1.807, 2.05) is 17.8 Å². The van der Waals surface area contributed by atoms with E-state index in [9.17, 15) is 0 Å². The molecule has 0 radical (unpaired) electrons. The molecule has 0 fully saturated rings. The normalized spacial score (nSPS) is 12.0. The highest BCUT2D eigenvalue weighted by Crippen LogP contribution is 2.25. The lowest BCUT2D eigenvalue weighted by molar-refractivity contribution is 0.633. The summed E-state index contributed by atoms with van der Waals surface area (Å²) in [4.78, 5) is 0. The van der Waals surface area contributed by atoms with Gasteiger partial charge in [-0.1, -0.05) is 23.2 Å². The Bertz CT molecular complexity index is 684. The first kappa shape index (κ1) is 17.1. The van der Waals surface area contributed by atoms with Gasteiger partial charge in [-0.2, -0.15) is 5.10 Å². The average molecular weight is 357 g/mol. The first-order chi connectivity index (χ1) is 10.4. The van der Waals surface area contributed by atoms with Gasteiger partial charge in [0.15, 0.2) is 5.11 Å². The Morgan fingerprint density at radius 3 is 2.73 bits per heavy atom. The minimum Gasteiger partial charge on any atom is -0.356 e. The highest BCUT2D eigenvalue weighted by atomic mass is 35.5. The number of halogens is 2. The van der Waals surface area contributed by atoms with E-state index >= 15 is 0 Å². The summed E-state index contributed by atoms with van der Waals surface area (Å²) in [6.45, 7) is 7.01. The number of nitrogens with zero attached hydrogens (tertiary/aromatic N) is 2. The van der Waals surface area contributed by atoms with Crippen molar-refractivity contribution < 1.29 is 0 Å². The predicted molar refractivity (Wildman–Crippen MR) is 96.9 cm³/mol. The van der Waals surface area contributed by atoms with Crippen LogP contribution in [0.3, 0.4) is 0 Å². The molecule has 0 amide bonds. The van der Waals surface area contributed by atoms with Gasteiger partial charge in [0.25, 0.3) is 0 Å². The Balaban J connectivity index is 2.03. The molecule has 2 N–H and O–H groups in total. The van der Waals surface area contributed by atoms with E-state index in [4.69, 9.17) is 35.4 Å². The summed E-state index contributed by atoms with van der Waals surface area (Å²) in [5.41, 5.74) is 2.97. The second-order valence-corrected chi connectivity index (χ2v) is 6.20. The number of hydrogen-bond donors (Lipinski definition) is 2. The molecule has 2 rings (SSSR count). The molecule has 0 saturated carbocycles. The van der Waals surface area contributed by atoms with Crippen molar-refractivity contribution in [3.05, 3.63) is 45.7 Å². The van der Waals surface area contributed by atoms with Gasteiger partial charge in [-0.25, -0.2) is 0 Å². The number of benzene rings is 1. The fourth-order valence-electron chi connectivity index (χ4n) is 2.23. The lowest BCUT2D eigenvalue weighted by Gasteiger charge is -2.17. The van der Waals surface area contributed by atoms with Gasteiger partial charge in [0.05, 0.1) is 22.9 Å². The van der Waals surface area contributed by atoms with Crippen LogP contribution in [0.15, 0.2) is 24.4 Å². The molecule has 1 aromatic carbocycles. The van der Waals surface area contributed by atoms with E-state index in [0.29, 0.717) is 15.2 Å². The zero-order chi connectivity index (χ0) is 16.3. The van der Waals surface area contributed by atoms with Crippen LogP contribution in [0.1, 0.15) is 31.1 Å². The topological polar surface area (TPSA) is 41.9 Å². The van der Waals surface area contributed by atoms with Crippen LogP contribution in [0.2, 0.25) is 10.0 Å². The van der Waals surface area contributed by atoms with E-state index in [1.54, 1.807) is 18.2 Å². The van der Waals surface area contributed by atoms with Gasteiger partial charge in [-0.3, -0.25) is 4.68 Å². The maximum absolute atomic E-state index is 6.13. The summed E-state index contributed by atoms with van der Waals surface area (Å²) in [6, 6.07) is 5.28. The Morgan fingerprint density at radius 2 is 2.14 bits per heavy atom. The highest BCUT2D eigenvalue weighted by Gasteiger charge is 2.14. The zero-order valence-electron chi connectivity index (χ0n) is 12.7. The van der Waals surface area contributed by atoms with Crippen LogP contribution >= 0.6 is 35.4 Å². The lowest BCUT2D eigenvalue weighted by Crippen LogP contribution is -2.31. The van der Waals surface area contributed by atoms with E-state index in [1.165, 1.54) is 0 Å². The van der Waals surface area contributed by atoms with E-state index in [0.717, 1.165) is 23.5 Å². The summed E-state index contributed by atoms with van der Waals surface area (Å²) < 4.78 is 1.96. The van der Waals surface area contributed by atoms with Crippen LogP contribution in [0.25, 0.3) is 0 Å². The second-order valence-electron chi connectivity index (χ2n) is 4.95. The molecule has 0 aliphatic rings. The van der Waals surface area contributed by atoms with E-state index in [-0.39, 0.29) is 6.04 Å². The quantitative estimate of drug-likeness (QED) is 0.787. The van der Waals surface area contributed by atoms with Crippen LogP contribution in [-0.2, 0) is 6.54 Å². The first-order valence-corrected chi connectivity index (χ1v) is 8.13. The molecule has 0 aliphatic carbocycles. The molecule has 7 heteroatoms. The molecule has 118 valence electrons. The molecule has 2 aromatic rings. The number of thiocarbonyl (C=S) groups is 1. The Hall–Kier alpha value is -1.30. The zero-order valence-corrected chi connectivity index (χ0v) is 15.0. The Labute approximate surface area is 145 Å². The molecule has 1 heterocycles. The van der Waals surface area contributed by atoms with Gasteiger partial charge < -0.3 is 10.6 Å². The minimum absolute atomic E-state index is 0.0476. The molecule has 4 nitrogen and oxygen atoms in total. The summed E-state index contributed by atoms with van der Waals surface area (Å²) in [7, 11) is 0. The molecule has 0 bridgehead atoms. The summed E-state index contributed by atoms with van der Waals surface area (Å²) in [5.74, 6) is 0. The molecular weight excluding hydrogens is 339 g/mol. The number of aryl methyl sites for hydroxylation is 1. The number of hydrogen-bond acceptors (Lipinski definition) is 2. The molecule has 0 spiro atoms. The average Bonchev–Trinajstić information content (AvgIpc) is 2.83. The number of rotatable bonds is 4. The maximum Gasteiger partial charge on any atom is 0.171 e. The maximum atomic E-state index is 6.13. The summed E-state index contributed by atoms with van der Waals surface area (Å²) >= 11 is 17.4. The third-order valence-electron chi connectivity index (χ3n) is 3.43. The number of anilines is 1. The molecule has 22 heavy (non-hydrogen) atoms. The molecule has 0 saturated heterocycles. The van der Waals surface area contributed by atoms with Crippen molar-refractivity contribution in [3.63, 3.8) is 0 Å². The fraction of sp³-hybridized carbons (Fsp3) is 0.333. The number of aromatic nitrogens is 2. The number of nitrogens with one attached hydrogen (secondary N) is 2. The Morgan fingerprint density at radius 1 is 1.41 bits per heavy atom. The van der Waals surface area contributed by atoms with Crippen LogP contribution < -0.4 is 10.6 Å². The van der Waals surface area contributed by atoms with E-state index in [2.05, 4.69) is 29.6 Å². The fourth-order valence-corrected chi connectivity index (χ4v) is 2.97. The van der Waals surface area contributed by atoms with Gasteiger partial charge in [0.2, 0.25) is 0 Å². The van der Waals surface area contributed by atoms with Crippen molar-refractivity contribution in [2.75, 3.05) is 5.32 Å². The van der Waals surface area contributed by atoms with Crippen LogP contribution in [0.4, 0.5) is 5.69 Å². The van der Waals surface area contributed by atoms with Crippen molar-refractivity contribution in [1.82, 2.24) is 15.1 Å². The second kappa shape index (κ2) is 7.31. The van der Waals surface area contributed by atoms with Gasteiger partial charge in [-0.15, -0.1) is 0 Å². The Kier molecular flexibility index (Phi) is 5.67. The molecular formula is C15H18Cl2N4S. The SMILES string of the molecule is CCn1ncc([C@H](C)NC(=S)Nc2ccc(Cl)cc2Cl)c1C. The molecule has 0 unspecified atom stereocenters. The summed E-state index contributed by atoms with van der Waals surface area (Å²) in [5, 5.41) is 12.3. The van der Waals surface area contributed by atoms with Crippen molar-refractivity contribution in [1.29, 1.82) is 0 Å². The van der Waals surface area contributed by atoms with Gasteiger partial charge in [-0.05, 0) is 51.2 Å². The van der Waals surface area contributed by atoms with E-state index < -0.39 is 0 Å². The smallest absolute Gasteiger partial charge is 0.171 e. The predicted octanol–water partition coefficient (Wildman–Crippen LogP) is 4.57. The van der Waals surface area contributed by atoms with Crippen LogP contribution in [0.5, 0.6) is 0 Å². The summed E-state index contributed by atoms with van der Waals surface area (Å²) in [6.07, 6.45) is 1.87. The van der Waals surface area contributed by atoms with Gasteiger partial charge in [0, 0.05) is 22.8 Å². The molecule has 1 aromatic heterocycles. The van der Waals surface area contributed by atoms with Gasteiger partial charge >= 0.3 is 0 Å². The van der Waals surface area contributed by atoms with Crippen molar-refractivity contribution in [2.45, 2.75) is 33.4 Å². The molecule has 0 aliphatic heterocycles. The van der Waals surface area contributed by atoms with Crippen molar-refractivity contribution in [3.8, 4) is 0 Å². The minimum atomic E-state index is 0.0476. The highest BCUT2D eigenvalue weighted by molar-refractivity contribution is 7.80. The standard InChI is InChI=1S/C15H18Cl2N4S/c1-4-21-10(3)12(8-18-21)9(2)19-15(22)20-14-6-5-11(16)7-13(14)17/h5-9H,4H2,1-3H3,(H2,19,20,22)/t9-/m0/s1. The lowest BCUT2D eigenvalue weighted by atomic mass is 10.1. The van der Waals surface area contributed by atoms with Gasteiger partial charge in [0.1, 0.15) is 0 Å². The van der Waals surface area contributed by atoms with Crippen LogP contribution in [0, 0.1) is 6.92 Å². The van der Waals surface area contributed by atoms with Crippen molar-refractivity contribution >= 4 is 46.2 Å². The monoisotopic (exact) mass is 356 g/mol. The van der Waals surface area contributed by atoms with Crippen molar-refractivity contribution in [2.24, 2.45) is 0 Å². The largest absolute Gasteiger partial charge is 0.356 e. The van der Waals surface area contributed by atoms with Crippen LogP contribution in [-0.4, -0.2) is 14.9 Å². The molecule has 1 atom stereocenters. The first-order valence-electron chi connectivity index (χ1n) is 6.97. The third-order valence-corrected chi connectivity index (χ3v) is 4.20.